The van der Waals surface area contributed by atoms with Crippen LogP contribution in [0.5, 0.6) is 17.2 Å². The smallest absolute Gasteiger partial charge is 0.161 e. The largest absolute Gasteiger partial charge is 0.493 e. The van der Waals surface area contributed by atoms with Gasteiger partial charge in [-0.3, -0.25) is 0 Å². The number of hydrogen-bond donors (Lipinski definition) is 0. The molecule has 0 aliphatic carbocycles. The van der Waals surface area contributed by atoms with E-state index in [4.69, 9.17) is 14.2 Å². The van der Waals surface area contributed by atoms with Crippen LogP contribution in [0.1, 0.15) is 11.1 Å². The third-order valence-corrected chi connectivity index (χ3v) is 3.58. The van der Waals surface area contributed by atoms with Crippen LogP contribution >= 0.6 is 15.9 Å². The van der Waals surface area contributed by atoms with E-state index in [1.54, 1.807) is 14.2 Å². The zero-order chi connectivity index (χ0) is 14.4. The maximum atomic E-state index is 5.75. The van der Waals surface area contributed by atoms with E-state index in [-0.39, 0.29) is 0 Å². The van der Waals surface area contributed by atoms with Crippen molar-refractivity contribution >= 4 is 15.9 Å². The predicted octanol–water partition coefficient (Wildman–Crippen LogP) is 4.18. The Morgan fingerprint density at radius 1 is 0.850 bits per heavy atom. The summed E-state index contributed by atoms with van der Waals surface area (Å²) in [7, 11) is 3.25. The number of hydrogen-bond acceptors (Lipinski definition) is 3. The summed E-state index contributed by atoms with van der Waals surface area (Å²) in [5, 5.41) is 0.850. The lowest BCUT2D eigenvalue weighted by molar-refractivity contribution is 0.303. The third-order valence-electron chi connectivity index (χ3n) is 2.93. The highest BCUT2D eigenvalue weighted by Gasteiger charge is 2.05. The van der Waals surface area contributed by atoms with Gasteiger partial charge in [0.15, 0.2) is 11.5 Å². The number of alkyl halides is 1. The highest BCUT2D eigenvalue weighted by atomic mass is 79.9. The summed E-state index contributed by atoms with van der Waals surface area (Å²) in [4.78, 5) is 0. The third kappa shape index (κ3) is 3.67. The lowest BCUT2D eigenvalue weighted by Crippen LogP contribution is -1.97. The van der Waals surface area contributed by atoms with Crippen LogP contribution in [0.4, 0.5) is 0 Å². The van der Waals surface area contributed by atoms with Crippen LogP contribution in [0.25, 0.3) is 0 Å². The summed E-state index contributed by atoms with van der Waals surface area (Å²) < 4.78 is 16.2. The number of rotatable bonds is 6. The van der Waals surface area contributed by atoms with Crippen molar-refractivity contribution in [2.75, 3.05) is 14.2 Å². The quantitative estimate of drug-likeness (QED) is 0.740. The Hall–Kier alpha value is -1.68. The molecule has 106 valence electrons. The molecule has 0 fully saturated rings. The second-order valence-corrected chi connectivity index (χ2v) is 4.82. The van der Waals surface area contributed by atoms with Gasteiger partial charge in [0, 0.05) is 5.33 Å². The van der Waals surface area contributed by atoms with Crippen LogP contribution in [-0.2, 0) is 11.9 Å². The fraction of sp³-hybridized carbons (Fsp3) is 0.250. The molecule has 0 bridgehead atoms. The van der Waals surface area contributed by atoms with Gasteiger partial charge in [-0.2, -0.15) is 0 Å². The molecule has 2 aromatic carbocycles. The molecule has 0 saturated heterocycles. The van der Waals surface area contributed by atoms with Gasteiger partial charge in [0.2, 0.25) is 0 Å². The van der Waals surface area contributed by atoms with Gasteiger partial charge in [-0.15, -0.1) is 0 Å². The molecule has 2 rings (SSSR count). The molecule has 0 unspecified atom stereocenters. The van der Waals surface area contributed by atoms with Crippen molar-refractivity contribution in [1.82, 2.24) is 0 Å². The van der Waals surface area contributed by atoms with Gasteiger partial charge in [-0.05, 0) is 35.4 Å². The first kappa shape index (κ1) is 14.7. The zero-order valence-corrected chi connectivity index (χ0v) is 13.1. The van der Waals surface area contributed by atoms with E-state index in [0.717, 1.165) is 22.4 Å². The molecule has 0 radical (unpaired) electrons. The molecular formula is C16H17BrO3. The Morgan fingerprint density at radius 2 is 1.50 bits per heavy atom. The summed E-state index contributed by atoms with van der Waals surface area (Å²) in [5.74, 6) is 2.28. The molecule has 0 amide bonds. The van der Waals surface area contributed by atoms with Crippen molar-refractivity contribution in [2.45, 2.75) is 11.9 Å². The monoisotopic (exact) mass is 336 g/mol. The second kappa shape index (κ2) is 7.20. The Balaban J connectivity index is 2.02. The Morgan fingerprint density at radius 3 is 2.10 bits per heavy atom. The molecule has 2 aromatic rings. The molecule has 0 aromatic heterocycles. The molecule has 0 spiro atoms. The first-order chi connectivity index (χ1) is 9.76. The average Bonchev–Trinajstić information content (AvgIpc) is 2.53. The molecule has 0 aliphatic heterocycles. The minimum absolute atomic E-state index is 0.494. The summed E-state index contributed by atoms with van der Waals surface area (Å²) in [5.41, 5.74) is 2.26. The molecule has 0 atom stereocenters. The van der Waals surface area contributed by atoms with Gasteiger partial charge in [-0.25, -0.2) is 0 Å². The van der Waals surface area contributed by atoms with Gasteiger partial charge >= 0.3 is 0 Å². The highest BCUT2D eigenvalue weighted by molar-refractivity contribution is 9.08. The van der Waals surface area contributed by atoms with Gasteiger partial charge in [0.05, 0.1) is 14.2 Å². The van der Waals surface area contributed by atoms with Crippen molar-refractivity contribution in [2.24, 2.45) is 0 Å². The minimum Gasteiger partial charge on any atom is -0.493 e. The standard InChI is InChI=1S/C16H17BrO3/c1-18-15-8-5-13(9-16(15)19-2)11-20-14-6-3-12(10-17)4-7-14/h3-9H,10-11H2,1-2H3. The first-order valence-corrected chi connectivity index (χ1v) is 7.37. The van der Waals surface area contributed by atoms with E-state index in [9.17, 15) is 0 Å². The second-order valence-electron chi connectivity index (χ2n) is 4.26. The number of benzene rings is 2. The molecular weight excluding hydrogens is 320 g/mol. The number of halogens is 1. The topological polar surface area (TPSA) is 27.7 Å². The van der Waals surface area contributed by atoms with E-state index in [1.165, 1.54) is 5.56 Å². The van der Waals surface area contributed by atoms with Crippen LogP contribution in [0, 0.1) is 0 Å². The van der Waals surface area contributed by atoms with E-state index in [2.05, 4.69) is 15.9 Å². The Labute approximate surface area is 127 Å². The van der Waals surface area contributed by atoms with E-state index >= 15 is 0 Å². The number of ether oxygens (including phenoxy) is 3. The van der Waals surface area contributed by atoms with Crippen molar-refractivity contribution in [3.8, 4) is 17.2 Å². The SMILES string of the molecule is COc1ccc(COc2ccc(CBr)cc2)cc1OC. The zero-order valence-electron chi connectivity index (χ0n) is 11.6. The molecule has 20 heavy (non-hydrogen) atoms. The van der Waals surface area contributed by atoms with Crippen molar-refractivity contribution in [3.05, 3.63) is 53.6 Å². The summed E-state index contributed by atoms with van der Waals surface area (Å²) in [6, 6.07) is 13.8. The van der Waals surface area contributed by atoms with Gasteiger partial charge in [0.1, 0.15) is 12.4 Å². The highest BCUT2D eigenvalue weighted by Crippen LogP contribution is 2.28. The van der Waals surface area contributed by atoms with Gasteiger partial charge in [0.25, 0.3) is 0 Å². The minimum atomic E-state index is 0.494. The van der Waals surface area contributed by atoms with Crippen molar-refractivity contribution in [3.63, 3.8) is 0 Å². The fourth-order valence-electron chi connectivity index (χ4n) is 1.81. The average molecular weight is 337 g/mol. The van der Waals surface area contributed by atoms with Crippen molar-refractivity contribution in [1.29, 1.82) is 0 Å². The van der Waals surface area contributed by atoms with Gasteiger partial charge < -0.3 is 14.2 Å². The molecule has 0 N–H and O–H groups in total. The molecule has 0 aliphatic rings. The summed E-state index contributed by atoms with van der Waals surface area (Å²) in [6.45, 7) is 0.494. The van der Waals surface area contributed by atoms with E-state index in [0.29, 0.717) is 12.4 Å². The lowest BCUT2D eigenvalue weighted by Gasteiger charge is -2.11. The van der Waals surface area contributed by atoms with E-state index in [1.807, 2.05) is 42.5 Å². The molecule has 3 nitrogen and oxygen atoms in total. The van der Waals surface area contributed by atoms with Crippen LogP contribution in [-0.4, -0.2) is 14.2 Å². The molecule has 0 saturated carbocycles. The Bertz CT molecular complexity index is 552. The summed E-state index contributed by atoms with van der Waals surface area (Å²) in [6.07, 6.45) is 0. The maximum Gasteiger partial charge on any atom is 0.161 e. The first-order valence-electron chi connectivity index (χ1n) is 6.25. The van der Waals surface area contributed by atoms with Crippen molar-refractivity contribution < 1.29 is 14.2 Å². The van der Waals surface area contributed by atoms with Crippen LogP contribution < -0.4 is 14.2 Å². The fourth-order valence-corrected chi connectivity index (χ4v) is 2.19. The molecule has 0 heterocycles. The lowest BCUT2D eigenvalue weighted by atomic mass is 10.2. The predicted molar refractivity (Wildman–Crippen MR) is 83.0 cm³/mol. The maximum absolute atomic E-state index is 5.75. The van der Waals surface area contributed by atoms with Gasteiger partial charge in [-0.1, -0.05) is 34.1 Å². The normalized spacial score (nSPS) is 10.2. The van der Waals surface area contributed by atoms with Crippen LogP contribution in [0.2, 0.25) is 0 Å². The van der Waals surface area contributed by atoms with Crippen LogP contribution in [0.15, 0.2) is 42.5 Å². The summed E-state index contributed by atoms with van der Waals surface area (Å²) >= 11 is 3.42. The Kier molecular flexibility index (Phi) is 5.30. The molecule has 4 heteroatoms. The van der Waals surface area contributed by atoms with E-state index < -0.39 is 0 Å². The number of methoxy groups -OCH3 is 2. The van der Waals surface area contributed by atoms with Crippen LogP contribution in [0.3, 0.4) is 0 Å².